The molecule has 0 bridgehead atoms. The number of aromatic amines is 1. The number of ether oxygens (including phenoxy) is 4. The largest absolute Gasteiger partial charge is 0.497 e. The fourth-order valence-electron chi connectivity index (χ4n) is 5.97. The molecule has 1 saturated heterocycles. The molecule has 1 aromatic heterocycles. The third kappa shape index (κ3) is 5.36. The Bertz CT molecular complexity index is 1510. The van der Waals surface area contributed by atoms with Crippen molar-refractivity contribution in [1.82, 2.24) is 9.55 Å². The Hall–Kier alpha value is -4.24. The van der Waals surface area contributed by atoms with Crippen LogP contribution in [0.4, 0.5) is 0 Å². The average molecular weight is 569 g/mol. The zero-order chi connectivity index (χ0) is 29.7. The second-order valence-electron chi connectivity index (χ2n) is 10.4. The summed E-state index contributed by atoms with van der Waals surface area (Å²) in [7, 11) is 3.19. The van der Waals surface area contributed by atoms with E-state index in [0.717, 1.165) is 27.0 Å². The predicted octanol–water partition coefficient (Wildman–Crippen LogP) is 5.05. The van der Waals surface area contributed by atoms with Crippen LogP contribution in [0, 0.1) is 5.92 Å². The molecule has 1 aliphatic rings. The van der Waals surface area contributed by atoms with E-state index in [4.69, 9.17) is 18.9 Å². The third-order valence-corrected chi connectivity index (χ3v) is 7.98. The third-order valence-electron chi connectivity index (χ3n) is 7.98. The second kappa shape index (κ2) is 12.7. The summed E-state index contributed by atoms with van der Waals surface area (Å²) in [6.45, 7) is 6.01. The lowest BCUT2D eigenvalue weighted by atomic mass is 9.79. The van der Waals surface area contributed by atoms with Crippen LogP contribution < -0.4 is 16.0 Å². The zero-order valence-corrected chi connectivity index (χ0v) is 24.0. The molecule has 0 saturated carbocycles. The van der Waals surface area contributed by atoms with Gasteiger partial charge in [-0.3, -0.25) is 4.79 Å². The standard InChI is InChI=1S/C34H36N2O6/c1-5-12-28(30-23(2)31(40-4)32(41-30)36-29(37)21-22-35-33(36)38)42-34(24-13-8-6-9-14-24,25-15-10-7-11-16-25)26-17-19-27(39-3)20-18-26/h5-11,13-23,28,30-32H,1,12H2,2-4H3,(H,35,38)/t23-,28+,30-,31-,32-/m1/s1. The van der Waals surface area contributed by atoms with Crippen molar-refractivity contribution < 1.29 is 18.9 Å². The lowest BCUT2D eigenvalue weighted by Gasteiger charge is -2.41. The molecular formula is C34H36N2O6. The number of rotatable bonds is 11. The van der Waals surface area contributed by atoms with Crippen LogP contribution in [0.2, 0.25) is 0 Å². The van der Waals surface area contributed by atoms with Crippen LogP contribution in [0.25, 0.3) is 0 Å². The highest BCUT2D eigenvalue weighted by molar-refractivity contribution is 5.48. The van der Waals surface area contributed by atoms with Gasteiger partial charge in [-0.1, -0.05) is 85.8 Å². The van der Waals surface area contributed by atoms with Gasteiger partial charge in [-0.25, -0.2) is 9.36 Å². The Labute approximate surface area is 245 Å². The van der Waals surface area contributed by atoms with Crippen LogP contribution in [0.5, 0.6) is 5.75 Å². The SMILES string of the molecule is C=CC[C@H](OC(c1ccccc1)(c1ccccc1)c1ccc(OC)cc1)[C@@H]1O[C@@H](n2c(=O)cc[nH]c2=O)[C@H](OC)[C@@H]1C. The number of nitrogens with one attached hydrogen (secondary N) is 1. The Kier molecular flexibility index (Phi) is 8.87. The van der Waals surface area contributed by atoms with Crippen molar-refractivity contribution in [3.8, 4) is 5.75 Å². The molecule has 0 amide bonds. The maximum Gasteiger partial charge on any atom is 0.330 e. The molecule has 42 heavy (non-hydrogen) atoms. The van der Waals surface area contributed by atoms with Crippen LogP contribution in [0.3, 0.4) is 0 Å². The van der Waals surface area contributed by atoms with Crippen molar-refractivity contribution in [1.29, 1.82) is 0 Å². The van der Waals surface area contributed by atoms with E-state index < -0.39 is 41.4 Å². The molecule has 8 nitrogen and oxygen atoms in total. The highest BCUT2D eigenvalue weighted by Crippen LogP contribution is 2.45. The molecule has 0 unspecified atom stereocenters. The Balaban J connectivity index is 1.66. The zero-order valence-electron chi connectivity index (χ0n) is 24.0. The first kappa shape index (κ1) is 29.3. The number of aromatic nitrogens is 2. The van der Waals surface area contributed by atoms with E-state index in [9.17, 15) is 9.59 Å². The lowest BCUT2D eigenvalue weighted by Crippen LogP contribution is -2.43. The Morgan fingerprint density at radius 3 is 2.05 bits per heavy atom. The molecule has 1 N–H and O–H groups in total. The average Bonchev–Trinajstić information content (AvgIpc) is 3.35. The molecule has 0 radical (unpaired) electrons. The molecule has 4 aromatic rings. The van der Waals surface area contributed by atoms with Crippen molar-refractivity contribution in [2.24, 2.45) is 5.92 Å². The fourth-order valence-corrected chi connectivity index (χ4v) is 5.97. The molecule has 8 heteroatoms. The van der Waals surface area contributed by atoms with Crippen LogP contribution in [-0.4, -0.2) is 42.1 Å². The first-order chi connectivity index (χ1) is 20.4. The predicted molar refractivity (Wildman–Crippen MR) is 161 cm³/mol. The van der Waals surface area contributed by atoms with Gasteiger partial charge in [-0.15, -0.1) is 6.58 Å². The van der Waals surface area contributed by atoms with Gasteiger partial charge in [0.1, 0.15) is 17.5 Å². The van der Waals surface area contributed by atoms with E-state index in [2.05, 4.69) is 11.6 Å². The molecule has 1 aliphatic heterocycles. The fraction of sp³-hybridized carbons (Fsp3) is 0.294. The van der Waals surface area contributed by atoms with Crippen LogP contribution in [0.15, 0.2) is 119 Å². The number of nitrogens with zero attached hydrogens (tertiary/aromatic N) is 1. The molecule has 218 valence electrons. The molecule has 5 atom stereocenters. The summed E-state index contributed by atoms with van der Waals surface area (Å²) >= 11 is 0. The number of hydrogen-bond donors (Lipinski definition) is 1. The van der Waals surface area contributed by atoms with Crippen LogP contribution in [0.1, 0.15) is 36.3 Å². The summed E-state index contributed by atoms with van der Waals surface area (Å²) < 4.78 is 26.3. The Morgan fingerprint density at radius 2 is 1.52 bits per heavy atom. The van der Waals surface area contributed by atoms with Gasteiger partial charge >= 0.3 is 5.69 Å². The van der Waals surface area contributed by atoms with Crippen molar-refractivity contribution in [3.05, 3.63) is 147 Å². The van der Waals surface area contributed by atoms with E-state index in [1.54, 1.807) is 20.3 Å². The van der Waals surface area contributed by atoms with E-state index in [1.807, 2.05) is 91.9 Å². The summed E-state index contributed by atoms with van der Waals surface area (Å²) in [5.74, 6) is 0.491. The molecular weight excluding hydrogens is 532 g/mol. The molecule has 1 fully saturated rings. The molecule has 3 aromatic carbocycles. The topological polar surface area (TPSA) is 91.8 Å². The van der Waals surface area contributed by atoms with Gasteiger partial charge in [0.15, 0.2) is 6.23 Å². The van der Waals surface area contributed by atoms with Gasteiger partial charge in [-0.05, 0) is 35.2 Å². The lowest BCUT2D eigenvalue weighted by molar-refractivity contribution is -0.137. The first-order valence-corrected chi connectivity index (χ1v) is 14.0. The van der Waals surface area contributed by atoms with Gasteiger partial charge in [0.2, 0.25) is 0 Å². The van der Waals surface area contributed by atoms with Crippen LogP contribution in [-0.2, 0) is 19.8 Å². The monoisotopic (exact) mass is 568 g/mol. The van der Waals surface area contributed by atoms with Gasteiger partial charge in [0, 0.05) is 25.3 Å². The van der Waals surface area contributed by atoms with E-state index >= 15 is 0 Å². The van der Waals surface area contributed by atoms with Crippen molar-refractivity contribution >= 4 is 0 Å². The van der Waals surface area contributed by atoms with E-state index in [0.29, 0.717) is 6.42 Å². The van der Waals surface area contributed by atoms with E-state index in [-0.39, 0.29) is 5.92 Å². The second-order valence-corrected chi connectivity index (χ2v) is 10.4. The van der Waals surface area contributed by atoms with Crippen molar-refractivity contribution in [3.63, 3.8) is 0 Å². The minimum absolute atomic E-state index is 0.239. The first-order valence-electron chi connectivity index (χ1n) is 14.0. The normalized spacial score (nSPS) is 21.1. The minimum Gasteiger partial charge on any atom is -0.497 e. The van der Waals surface area contributed by atoms with E-state index in [1.165, 1.54) is 12.3 Å². The van der Waals surface area contributed by atoms with Gasteiger partial charge in [0.05, 0.1) is 19.3 Å². The number of benzene rings is 3. The summed E-state index contributed by atoms with van der Waals surface area (Å²) in [5, 5.41) is 0. The maximum atomic E-state index is 12.8. The van der Waals surface area contributed by atoms with Gasteiger partial charge < -0.3 is 23.9 Å². The molecule has 0 aliphatic carbocycles. The molecule has 5 rings (SSSR count). The smallest absolute Gasteiger partial charge is 0.330 e. The highest BCUT2D eigenvalue weighted by atomic mass is 16.6. The Morgan fingerprint density at radius 1 is 0.929 bits per heavy atom. The van der Waals surface area contributed by atoms with Crippen molar-refractivity contribution in [2.75, 3.05) is 14.2 Å². The molecule has 0 spiro atoms. The number of methoxy groups -OCH3 is 2. The summed E-state index contributed by atoms with van der Waals surface area (Å²) in [5.41, 5.74) is 0.669. The summed E-state index contributed by atoms with van der Waals surface area (Å²) in [6, 6.07) is 29.2. The number of hydrogen-bond acceptors (Lipinski definition) is 6. The minimum atomic E-state index is -1.05. The van der Waals surface area contributed by atoms with Crippen molar-refractivity contribution in [2.45, 2.75) is 43.5 Å². The highest BCUT2D eigenvalue weighted by Gasteiger charge is 2.50. The van der Waals surface area contributed by atoms with Gasteiger partial charge in [0.25, 0.3) is 5.56 Å². The summed E-state index contributed by atoms with van der Waals surface area (Å²) in [6.07, 6.45) is 0.964. The quantitative estimate of drug-likeness (QED) is 0.201. The summed E-state index contributed by atoms with van der Waals surface area (Å²) in [4.78, 5) is 28.1. The number of H-pyrrole nitrogens is 1. The van der Waals surface area contributed by atoms with Crippen LogP contribution >= 0.6 is 0 Å². The van der Waals surface area contributed by atoms with Gasteiger partial charge in [-0.2, -0.15) is 0 Å². The maximum absolute atomic E-state index is 12.8. The molecule has 2 heterocycles.